The maximum absolute atomic E-state index is 6.10. The van der Waals surface area contributed by atoms with E-state index in [4.69, 9.17) is 13.9 Å². The summed E-state index contributed by atoms with van der Waals surface area (Å²) in [6, 6.07) is 14.4. The van der Waals surface area contributed by atoms with Gasteiger partial charge in [-0.15, -0.1) is 24.0 Å². The average molecular weight is 576 g/mol. The summed E-state index contributed by atoms with van der Waals surface area (Å²) in [5, 5.41) is 6.61. The zero-order valence-corrected chi connectivity index (χ0v) is 22.3. The molecule has 7 nitrogen and oxygen atoms in total. The number of oxazole rings is 1. The number of guanidine groups is 1. The van der Waals surface area contributed by atoms with Crippen molar-refractivity contribution in [2.45, 2.75) is 45.9 Å². The summed E-state index contributed by atoms with van der Waals surface area (Å²) in [7, 11) is 1.74. The Bertz CT molecular complexity index is 1080. The van der Waals surface area contributed by atoms with Gasteiger partial charge in [0.2, 0.25) is 5.89 Å². The smallest absolute Gasteiger partial charge is 0.214 e. The molecule has 8 heteroatoms. The van der Waals surface area contributed by atoms with Crippen molar-refractivity contribution in [1.29, 1.82) is 0 Å². The molecule has 2 aromatic carbocycles. The predicted octanol–water partition coefficient (Wildman–Crippen LogP) is 5.00. The average Bonchev–Trinajstić information content (AvgIpc) is 3.51. The molecular weight excluding hydrogens is 543 g/mol. The molecule has 0 aliphatic carbocycles. The molecule has 34 heavy (non-hydrogen) atoms. The zero-order chi connectivity index (χ0) is 23.0. The Morgan fingerprint density at radius 3 is 2.59 bits per heavy atom. The molecule has 0 saturated carbocycles. The SMILES string of the molecule is CN=C(NCc1ncc(-c2ccc(C)cc2)o1)NCc1ccc(C)cc1OCC1CCCO1.I. The van der Waals surface area contributed by atoms with Crippen molar-refractivity contribution >= 4 is 29.9 Å². The van der Waals surface area contributed by atoms with E-state index in [-0.39, 0.29) is 30.1 Å². The Kier molecular flexibility index (Phi) is 9.76. The summed E-state index contributed by atoms with van der Waals surface area (Å²) in [5.74, 6) is 2.89. The van der Waals surface area contributed by atoms with Crippen LogP contribution in [-0.2, 0) is 17.8 Å². The number of halogens is 1. The van der Waals surface area contributed by atoms with E-state index in [1.807, 2.05) is 12.1 Å². The van der Waals surface area contributed by atoms with Crippen LogP contribution in [0.4, 0.5) is 0 Å². The summed E-state index contributed by atoms with van der Waals surface area (Å²) < 4.78 is 17.7. The van der Waals surface area contributed by atoms with Gasteiger partial charge in [-0.25, -0.2) is 4.98 Å². The fourth-order valence-electron chi connectivity index (χ4n) is 3.70. The van der Waals surface area contributed by atoms with Crippen LogP contribution in [0.25, 0.3) is 11.3 Å². The lowest BCUT2D eigenvalue weighted by Crippen LogP contribution is -2.36. The second-order valence-electron chi connectivity index (χ2n) is 8.32. The van der Waals surface area contributed by atoms with E-state index in [0.717, 1.165) is 47.6 Å². The third-order valence-electron chi connectivity index (χ3n) is 5.64. The predicted molar refractivity (Wildman–Crippen MR) is 145 cm³/mol. The number of rotatable bonds is 8. The van der Waals surface area contributed by atoms with Crippen molar-refractivity contribution in [1.82, 2.24) is 15.6 Å². The van der Waals surface area contributed by atoms with E-state index in [2.05, 4.69) is 64.8 Å². The summed E-state index contributed by atoms with van der Waals surface area (Å²) in [6.07, 6.45) is 4.10. The van der Waals surface area contributed by atoms with E-state index in [1.165, 1.54) is 5.56 Å². The van der Waals surface area contributed by atoms with Gasteiger partial charge in [-0.1, -0.05) is 42.0 Å². The van der Waals surface area contributed by atoms with Crippen LogP contribution in [0.15, 0.2) is 58.1 Å². The Labute approximate surface area is 218 Å². The number of hydrogen-bond donors (Lipinski definition) is 2. The number of aromatic nitrogens is 1. The molecule has 1 fully saturated rings. The number of nitrogens with zero attached hydrogens (tertiary/aromatic N) is 2. The van der Waals surface area contributed by atoms with Gasteiger partial charge in [0.1, 0.15) is 12.4 Å². The van der Waals surface area contributed by atoms with E-state index in [9.17, 15) is 0 Å². The number of hydrogen-bond acceptors (Lipinski definition) is 5. The van der Waals surface area contributed by atoms with Crippen molar-refractivity contribution < 1.29 is 13.9 Å². The highest BCUT2D eigenvalue weighted by Gasteiger charge is 2.17. The molecule has 3 aromatic rings. The van der Waals surface area contributed by atoms with Gasteiger partial charge in [-0.3, -0.25) is 4.99 Å². The molecule has 0 amide bonds. The van der Waals surface area contributed by atoms with Crippen LogP contribution in [0.1, 0.15) is 35.4 Å². The van der Waals surface area contributed by atoms with Crippen molar-refractivity contribution in [3.63, 3.8) is 0 Å². The van der Waals surface area contributed by atoms with Gasteiger partial charge in [0.05, 0.1) is 18.8 Å². The lowest BCUT2D eigenvalue weighted by molar-refractivity contribution is 0.0676. The van der Waals surface area contributed by atoms with Gasteiger partial charge in [0.15, 0.2) is 11.7 Å². The van der Waals surface area contributed by atoms with Crippen molar-refractivity contribution in [3.05, 3.63) is 71.2 Å². The van der Waals surface area contributed by atoms with Crippen LogP contribution in [0.2, 0.25) is 0 Å². The van der Waals surface area contributed by atoms with Crippen LogP contribution in [0.3, 0.4) is 0 Å². The molecule has 0 spiro atoms. The summed E-state index contributed by atoms with van der Waals surface area (Å²) in [5.41, 5.74) is 4.46. The van der Waals surface area contributed by atoms with Gasteiger partial charge in [-0.2, -0.15) is 0 Å². The summed E-state index contributed by atoms with van der Waals surface area (Å²) in [4.78, 5) is 8.69. The number of aliphatic imine (C=N–C) groups is 1. The number of ether oxygens (including phenoxy) is 2. The largest absolute Gasteiger partial charge is 0.491 e. The number of aryl methyl sites for hydroxylation is 2. The zero-order valence-electron chi connectivity index (χ0n) is 20.0. The third-order valence-corrected chi connectivity index (χ3v) is 5.64. The Balaban J connectivity index is 0.00000324. The minimum atomic E-state index is 0. The van der Waals surface area contributed by atoms with Crippen molar-refractivity contribution in [2.24, 2.45) is 4.99 Å². The molecule has 1 aromatic heterocycles. The number of benzene rings is 2. The molecule has 1 unspecified atom stereocenters. The van der Waals surface area contributed by atoms with Crippen LogP contribution >= 0.6 is 24.0 Å². The molecule has 0 radical (unpaired) electrons. The Hall–Kier alpha value is -2.59. The fourth-order valence-corrected chi connectivity index (χ4v) is 3.70. The van der Waals surface area contributed by atoms with Gasteiger partial charge in [0.25, 0.3) is 0 Å². The van der Waals surface area contributed by atoms with Gasteiger partial charge >= 0.3 is 0 Å². The fraction of sp³-hybridized carbons (Fsp3) is 0.385. The first-order chi connectivity index (χ1) is 16.1. The summed E-state index contributed by atoms with van der Waals surface area (Å²) in [6.45, 7) is 6.56. The molecule has 2 heterocycles. The standard InChI is InChI=1S/C26H32N4O3.HI/c1-18-6-9-20(10-7-18)24-15-28-25(33-24)16-30-26(27-3)29-14-21-11-8-19(2)13-23(21)32-17-22-5-4-12-31-22;/h6-11,13,15,22H,4-5,12,14,16-17H2,1-3H3,(H2,27,29,30);1H. The highest BCUT2D eigenvalue weighted by atomic mass is 127. The van der Waals surface area contributed by atoms with Crippen molar-refractivity contribution in [2.75, 3.05) is 20.3 Å². The van der Waals surface area contributed by atoms with Gasteiger partial charge in [-0.05, 0) is 38.3 Å². The first kappa shape index (κ1) is 26.0. The van der Waals surface area contributed by atoms with Crippen LogP contribution in [0, 0.1) is 13.8 Å². The maximum atomic E-state index is 6.10. The van der Waals surface area contributed by atoms with E-state index in [0.29, 0.717) is 31.5 Å². The van der Waals surface area contributed by atoms with Crippen molar-refractivity contribution in [3.8, 4) is 17.1 Å². The second-order valence-corrected chi connectivity index (χ2v) is 8.32. The molecule has 1 atom stereocenters. The minimum absolute atomic E-state index is 0. The Morgan fingerprint density at radius 2 is 1.85 bits per heavy atom. The highest BCUT2D eigenvalue weighted by Crippen LogP contribution is 2.23. The molecule has 4 rings (SSSR count). The topological polar surface area (TPSA) is 80.9 Å². The molecule has 0 bridgehead atoms. The number of nitrogens with one attached hydrogen (secondary N) is 2. The van der Waals surface area contributed by atoms with Gasteiger partial charge in [0, 0.05) is 31.3 Å². The third kappa shape index (κ3) is 7.20. The van der Waals surface area contributed by atoms with Gasteiger partial charge < -0.3 is 24.5 Å². The first-order valence-electron chi connectivity index (χ1n) is 11.4. The second kappa shape index (κ2) is 12.8. The van der Waals surface area contributed by atoms with Crippen LogP contribution < -0.4 is 15.4 Å². The van der Waals surface area contributed by atoms with Crippen LogP contribution in [0.5, 0.6) is 5.75 Å². The maximum Gasteiger partial charge on any atom is 0.214 e. The summed E-state index contributed by atoms with van der Waals surface area (Å²) >= 11 is 0. The molecule has 1 saturated heterocycles. The molecule has 1 aliphatic rings. The first-order valence-corrected chi connectivity index (χ1v) is 11.4. The van der Waals surface area contributed by atoms with E-state index >= 15 is 0 Å². The molecule has 182 valence electrons. The monoisotopic (exact) mass is 576 g/mol. The lowest BCUT2D eigenvalue weighted by atomic mass is 10.1. The normalized spacial score (nSPS) is 15.6. The molecule has 1 aliphatic heterocycles. The molecule has 2 N–H and O–H groups in total. The minimum Gasteiger partial charge on any atom is -0.491 e. The highest BCUT2D eigenvalue weighted by molar-refractivity contribution is 14.0. The quantitative estimate of drug-likeness (QED) is 0.223. The van der Waals surface area contributed by atoms with Crippen LogP contribution in [-0.4, -0.2) is 37.3 Å². The Morgan fingerprint density at radius 1 is 1.09 bits per heavy atom. The van der Waals surface area contributed by atoms with E-state index in [1.54, 1.807) is 13.2 Å². The lowest BCUT2D eigenvalue weighted by Gasteiger charge is -2.17. The van der Waals surface area contributed by atoms with E-state index < -0.39 is 0 Å². The molecular formula is C26H33IN4O3.